The van der Waals surface area contributed by atoms with Crippen LogP contribution in [-0.2, 0) is 29.3 Å². The Labute approximate surface area is 225 Å². The molecule has 0 aliphatic carbocycles. The average molecular weight is 537 g/mol. The molecule has 1 amide bonds. The van der Waals surface area contributed by atoms with Crippen molar-refractivity contribution in [3.05, 3.63) is 70.3 Å². The molecule has 1 aromatic carbocycles. The Hall–Kier alpha value is -3.77. The fourth-order valence-electron chi connectivity index (χ4n) is 4.76. The van der Waals surface area contributed by atoms with Gasteiger partial charge in [0.25, 0.3) is 0 Å². The smallest absolute Gasteiger partial charge is 0.335 e. The first kappa shape index (κ1) is 27.3. The summed E-state index contributed by atoms with van der Waals surface area (Å²) < 4.78 is 20.1. The molecule has 0 saturated carbocycles. The number of aryl methyl sites for hydroxylation is 3. The molecule has 38 heavy (non-hydrogen) atoms. The predicted octanol–water partition coefficient (Wildman–Crippen LogP) is 2.15. The lowest BCUT2D eigenvalue weighted by atomic mass is 10.1. The van der Waals surface area contributed by atoms with Crippen molar-refractivity contribution in [3.8, 4) is 5.82 Å². The zero-order valence-corrected chi connectivity index (χ0v) is 22.9. The number of benzene rings is 1. The van der Waals surface area contributed by atoms with Crippen molar-refractivity contribution < 1.29 is 13.2 Å². The minimum absolute atomic E-state index is 0.214. The van der Waals surface area contributed by atoms with Crippen LogP contribution in [0.3, 0.4) is 0 Å². The molecule has 11 nitrogen and oxygen atoms in total. The topological polar surface area (TPSA) is 119 Å². The largest absolute Gasteiger partial charge is 0.340 e. The monoisotopic (exact) mass is 536 g/mol. The first-order valence-corrected chi connectivity index (χ1v) is 13.2. The van der Waals surface area contributed by atoms with Gasteiger partial charge in [-0.3, -0.25) is 9.69 Å². The van der Waals surface area contributed by atoms with Gasteiger partial charge < -0.3 is 4.90 Å². The highest BCUT2D eigenvalue weighted by molar-refractivity contribution is 7.51. The van der Waals surface area contributed by atoms with Crippen molar-refractivity contribution in [2.75, 3.05) is 26.2 Å². The lowest BCUT2D eigenvalue weighted by Gasteiger charge is -2.35. The van der Waals surface area contributed by atoms with Gasteiger partial charge in [0.2, 0.25) is 5.91 Å². The van der Waals surface area contributed by atoms with Crippen LogP contribution in [0.4, 0.5) is 0 Å². The summed E-state index contributed by atoms with van der Waals surface area (Å²) in [6.07, 6.45) is 1.16. The Bertz CT molecular complexity index is 1450. The van der Waals surface area contributed by atoms with Crippen LogP contribution >= 0.6 is 0 Å². The minimum Gasteiger partial charge on any atom is -0.340 e. The summed E-state index contributed by atoms with van der Waals surface area (Å²) in [7, 11) is 0. The number of piperazine rings is 1. The van der Waals surface area contributed by atoms with Crippen LogP contribution in [0.2, 0.25) is 0 Å². The first-order valence-electron chi connectivity index (χ1n) is 12.5. The van der Waals surface area contributed by atoms with E-state index >= 15 is 0 Å². The number of carbonyl (C=O) groups is 1. The number of carbonyl (C=O) groups excluding carboxylic acids is 1. The van der Waals surface area contributed by atoms with Crippen LogP contribution in [0.1, 0.15) is 40.3 Å². The van der Waals surface area contributed by atoms with Gasteiger partial charge in [0.15, 0.2) is 17.3 Å². The highest BCUT2D eigenvalue weighted by Crippen LogP contribution is 2.20. The Balaban J connectivity index is 0.00000107. The van der Waals surface area contributed by atoms with Crippen LogP contribution in [0.15, 0.2) is 36.4 Å². The molecule has 0 unspecified atom stereocenters. The number of hydrogen-bond acceptors (Lipinski definition) is 8. The van der Waals surface area contributed by atoms with E-state index in [4.69, 9.17) is 13.5 Å². The van der Waals surface area contributed by atoms with Crippen molar-refractivity contribution in [1.29, 1.82) is 0 Å². The molecule has 3 aromatic heterocycles. The van der Waals surface area contributed by atoms with Crippen LogP contribution in [0, 0.1) is 27.7 Å². The number of rotatable bonds is 6. The van der Waals surface area contributed by atoms with Crippen molar-refractivity contribution in [3.63, 3.8) is 0 Å². The highest BCUT2D eigenvalue weighted by Gasteiger charge is 2.22. The third-order valence-corrected chi connectivity index (χ3v) is 6.90. The summed E-state index contributed by atoms with van der Waals surface area (Å²) in [4.78, 5) is 17.4. The van der Waals surface area contributed by atoms with Gasteiger partial charge in [-0.05, 0) is 57.4 Å². The molecule has 200 valence electrons. The zero-order valence-electron chi connectivity index (χ0n) is 22.1. The lowest BCUT2D eigenvalue weighted by Crippen LogP contribution is -2.48. The van der Waals surface area contributed by atoms with E-state index in [-0.39, 0.29) is 5.91 Å². The molecule has 0 radical (unpaired) electrons. The second-order valence-electron chi connectivity index (χ2n) is 9.48. The van der Waals surface area contributed by atoms with E-state index in [0.29, 0.717) is 24.3 Å². The summed E-state index contributed by atoms with van der Waals surface area (Å²) in [5, 5.41) is 17.5. The molecule has 1 aliphatic heterocycles. The number of amides is 1. The normalized spacial score (nSPS) is 13.8. The molecular weight excluding hydrogens is 504 g/mol. The number of fused-ring (bicyclic) bond motifs is 1. The molecule has 0 N–H and O–H groups in total. The second-order valence-corrected chi connectivity index (χ2v) is 9.62. The van der Waals surface area contributed by atoms with Gasteiger partial charge in [-0.2, -0.15) is 18.0 Å². The summed E-state index contributed by atoms with van der Waals surface area (Å²) in [6.45, 7) is 12.3. The highest BCUT2D eigenvalue weighted by atomic mass is 32.1. The molecule has 0 bridgehead atoms. The standard InChI is InChI=1S/C26H32N8O.O2S/c1-18-5-7-22(8-6-18)17-31-13-15-32(16-14-31)26(35)12-9-23-19(2)29-33(20(23)3)25-11-10-24-28-27-21(4)34(24)30-25;1-3-2/h5-8,10-11H,9,12-17H2,1-4H3;. The molecule has 12 heteroatoms. The molecule has 5 rings (SSSR count). The van der Waals surface area contributed by atoms with Gasteiger partial charge in [0.05, 0.1) is 5.69 Å². The van der Waals surface area contributed by atoms with E-state index in [1.165, 1.54) is 11.1 Å². The van der Waals surface area contributed by atoms with Crippen molar-refractivity contribution in [2.45, 2.75) is 47.1 Å². The van der Waals surface area contributed by atoms with Crippen molar-refractivity contribution >= 4 is 23.1 Å². The fourth-order valence-corrected chi connectivity index (χ4v) is 4.76. The van der Waals surface area contributed by atoms with Gasteiger partial charge >= 0.3 is 11.6 Å². The van der Waals surface area contributed by atoms with Gasteiger partial charge in [0.1, 0.15) is 0 Å². The quantitative estimate of drug-likeness (QED) is 0.368. The average Bonchev–Trinajstić information content (AvgIpc) is 3.42. The number of nitrogens with zero attached hydrogens (tertiary/aromatic N) is 8. The lowest BCUT2D eigenvalue weighted by molar-refractivity contribution is -0.133. The van der Waals surface area contributed by atoms with Gasteiger partial charge in [0, 0.05) is 44.8 Å². The van der Waals surface area contributed by atoms with Crippen LogP contribution in [0.25, 0.3) is 11.5 Å². The van der Waals surface area contributed by atoms with Gasteiger partial charge in [-0.1, -0.05) is 29.8 Å². The number of aromatic nitrogens is 6. The van der Waals surface area contributed by atoms with Gasteiger partial charge in [-0.15, -0.1) is 15.3 Å². The Morgan fingerprint density at radius 3 is 2.26 bits per heavy atom. The van der Waals surface area contributed by atoms with E-state index in [1.54, 1.807) is 4.52 Å². The maximum atomic E-state index is 13.0. The van der Waals surface area contributed by atoms with E-state index in [0.717, 1.165) is 55.5 Å². The van der Waals surface area contributed by atoms with Crippen LogP contribution < -0.4 is 0 Å². The molecule has 1 saturated heterocycles. The van der Waals surface area contributed by atoms with E-state index in [9.17, 15) is 4.79 Å². The summed E-state index contributed by atoms with van der Waals surface area (Å²) in [6, 6.07) is 12.5. The maximum Gasteiger partial charge on any atom is 0.335 e. The minimum atomic E-state index is -0.750. The Morgan fingerprint density at radius 2 is 1.58 bits per heavy atom. The predicted molar refractivity (Wildman–Crippen MR) is 142 cm³/mol. The Kier molecular flexibility index (Phi) is 8.74. The maximum absolute atomic E-state index is 13.0. The zero-order chi connectivity index (χ0) is 27.2. The van der Waals surface area contributed by atoms with E-state index in [2.05, 4.69) is 51.4 Å². The Morgan fingerprint density at radius 1 is 0.895 bits per heavy atom. The fraction of sp³-hybridized carbons (Fsp3) is 0.423. The molecule has 4 heterocycles. The van der Waals surface area contributed by atoms with Crippen LogP contribution in [-0.4, -0.2) is 79.9 Å². The number of hydrogen-bond donors (Lipinski definition) is 0. The molecular formula is C26H32N8O3S. The third kappa shape index (κ3) is 6.20. The van der Waals surface area contributed by atoms with E-state index < -0.39 is 11.6 Å². The van der Waals surface area contributed by atoms with Gasteiger partial charge in [-0.25, -0.2) is 4.68 Å². The molecule has 0 atom stereocenters. The van der Waals surface area contributed by atoms with Crippen molar-refractivity contribution in [2.24, 2.45) is 0 Å². The third-order valence-electron chi connectivity index (χ3n) is 6.90. The first-order chi connectivity index (χ1) is 18.3. The summed E-state index contributed by atoms with van der Waals surface area (Å²) in [5.41, 5.74) is 6.36. The summed E-state index contributed by atoms with van der Waals surface area (Å²) in [5.74, 6) is 1.66. The van der Waals surface area contributed by atoms with E-state index in [1.807, 2.05) is 42.5 Å². The molecule has 1 aliphatic rings. The molecule has 0 spiro atoms. The van der Waals surface area contributed by atoms with Crippen LogP contribution in [0.5, 0.6) is 0 Å². The van der Waals surface area contributed by atoms with Crippen molar-refractivity contribution in [1.82, 2.24) is 39.4 Å². The molecule has 4 aromatic rings. The second kappa shape index (κ2) is 12.2. The molecule has 1 fully saturated rings. The summed E-state index contributed by atoms with van der Waals surface area (Å²) >= 11 is -0.750. The SMILES string of the molecule is Cc1ccc(CN2CCN(C(=O)CCc3c(C)nn(-c4ccc5nnc(C)n5n4)c3C)CC2)cc1.O=S=O.